The number of halogens is 2. The minimum Gasteiger partial charge on any atom is -0.456 e. The second kappa shape index (κ2) is 5.46. The number of hydrogen-bond acceptors (Lipinski definition) is 4. The molecule has 3 rings (SSSR count). The Morgan fingerprint density at radius 3 is 2.68 bits per heavy atom. The number of rotatable bonds is 3. The molecule has 0 bridgehead atoms. The van der Waals surface area contributed by atoms with Gasteiger partial charge in [-0.2, -0.15) is 0 Å². The van der Waals surface area contributed by atoms with Gasteiger partial charge in [-0.1, -0.05) is 29.3 Å². The molecular formula is C14H10Cl2N2O3S. The molecule has 0 fully saturated rings. The summed E-state index contributed by atoms with van der Waals surface area (Å²) in [7, 11) is -3.39. The maximum atomic E-state index is 11.5. The van der Waals surface area contributed by atoms with Gasteiger partial charge in [-0.3, -0.25) is 0 Å². The number of H-pyrrole nitrogens is 1. The fraction of sp³-hybridized carbons (Fsp3) is 0.0714. The smallest absolute Gasteiger partial charge is 0.225 e. The zero-order valence-electron chi connectivity index (χ0n) is 11.3. The van der Waals surface area contributed by atoms with Gasteiger partial charge in [0.05, 0.1) is 16.1 Å². The highest BCUT2D eigenvalue weighted by Gasteiger charge is 2.14. The molecule has 22 heavy (non-hydrogen) atoms. The Labute approximate surface area is 136 Å². The highest BCUT2D eigenvalue weighted by atomic mass is 35.5. The van der Waals surface area contributed by atoms with E-state index in [0.717, 1.165) is 6.26 Å². The summed E-state index contributed by atoms with van der Waals surface area (Å²) in [5.74, 6) is 0.900. The summed E-state index contributed by atoms with van der Waals surface area (Å²) in [6.45, 7) is 0. The molecule has 1 N–H and O–H groups in total. The fourth-order valence-corrected chi connectivity index (χ4v) is 2.78. The van der Waals surface area contributed by atoms with E-state index in [1.54, 1.807) is 36.4 Å². The fourth-order valence-electron chi connectivity index (χ4n) is 1.89. The van der Waals surface area contributed by atoms with Gasteiger partial charge in [0.2, 0.25) is 15.0 Å². The van der Waals surface area contributed by atoms with Gasteiger partial charge in [-0.15, -0.1) is 0 Å². The topological polar surface area (TPSA) is 72.1 Å². The van der Waals surface area contributed by atoms with Crippen LogP contribution in [-0.4, -0.2) is 24.6 Å². The van der Waals surface area contributed by atoms with Crippen molar-refractivity contribution in [3.63, 3.8) is 0 Å². The molecule has 2 aromatic carbocycles. The zero-order valence-corrected chi connectivity index (χ0v) is 13.6. The molecule has 114 valence electrons. The Kier molecular flexibility index (Phi) is 3.76. The van der Waals surface area contributed by atoms with Crippen LogP contribution < -0.4 is 4.74 Å². The lowest BCUT2D eigenvalue weighted by molar-refractivity contribution is 0.483. The molecule has 0 aliphatic carbocycles. The average molecular weight is 357 g/mol. The predicted octanol–water partition coefficient (Wildman–Crippen LogP) is 4.07. The van der Waals surface area contributed by atoms with Gasteiger partial charge in [0, 0.05) is 12.3 Å². The first kappa shape index (κ1) is 15.1. The van der Waals surface area contributed by atoms with E-state index in [-0.39, 0.29) is 5.16 Å². The summed E-state index contributed by atoms with van der Waals surface area (Å²) in [5.41, 5.74) is 1.08. The number of ether oxygens (including phenoxy) is 1. The van der Waals surface area contributed by atoms with Crippen LogP contribution in [0.2, 0.25) is 10.0 Å². The largest absolute Gasteiger partial charge is 0.456 e. The van der Waals surface area contributed by atoms with Gasteiger partial charge in [0.25, 0.3) is 0 Å². The number of nitrogens with zero attached hydrogens (tertiary/aromatic N) is 1. The molecule has 1 heterocycles. The van der Waals surface area contributed by atoms with Crippen molar-refractivity contribution in [3.05, 3.63) is 46.4 Å². The van der Waals surface area contributed by atoms with Crippen molar-refractivity contribution in [2.24, 2.45) is 0 Å². The number of fused-ring (bicyclic) bond motifs is 1. The molecule has 0 radical (unpaired) electrons. The maximum absolute atomic E-state index is 11.5. The number of aromatic amines is 1. The van der Waals surface area contributed by atoms with Crippen LogP contribution in [0.15, 0.2) is 41.6 Å². The second-order valence-electron chi connectivity index (χ2n) is 4.65. The third-order valence-corrected chi connectivity index (χ3v) is 4.62. The summed E-state index contributed by atoms with van der Waals surface area (Å²) < 4.78 is 28.7. The van der Waals surface area contributed by atoms with Gasteiger partial charge in [0.15, 0.2) is 0 Å². The molecule has 3 aromatic rings. The van der Waals surface area contributed by atoms with E-state index in [4.69, 9.17) is 27.9 Å². The van der Waals surface area contributed by atoms with Crippen molar-refractivity contribution in [3.8, 4) is 11.5 Å². The number of aromatic nitrogens is 2. The number of nitrogens with one attached hydrogen (secondary N) is 1. The minimum absolute atomic E-state index is 0.0829. The molecule has 0 saturated heterocycles. The van der Waals surface area contributed by atoms with Gasteiger partial charge < -0.3 is 9.72 Å². The summed E-state index contributed by atoms with van der Waals surface area (Å²) in [6, 6.07) is 10.1. The molecule has 1 aromatic heterocycles. The normalized spacial score (nSPS) is 11.8. The lowest BCUT2D eigenvalue weighted by Crippen LogP contribution is -1.98. The minimum atomic E-state index is -3.39. The van der Waals surface area contributed by atoms with E-state index in [0.29, 0.717) is 32.6 Å². The van der Waals surface area contributed by atoms with Crippen molar-refractivity contribution >= 4 is 44.1 Å². The second-order valence-corrected chi connectivity index (χ2v) is 7.36. The third kappa shape index (κ3) is 2.90. The Bertz CT molecular complexity index is 967. The van der Waals surface area contributed by atoms with E-state index >= 15 is 0 Å². The third-order valence-electron chi connectivity index (χ3n) is 2.93. The van der Waals surface area contributed by atoms with E-state index in [2.05, 4.69) is 9.97 Å². The van der Waals surface area contributed by atoms with Crippen LogP contribution >= 0.6 is 23.2 Å². The van der Waals surface area contributed by atoms with Crippen LogP contribution in [0.1, 0.15) is 0 Å². The molecule has 0 unspecified atom stereocenters. The Balaban J connectivity index is 2.00. The van der Waals surface area contributed by atoms with Crippen LogP contribution in [-0.2, 0) is 9.84 Å². The van der Waals surface area contributed by atoms with E-state index in [9.17, 15) is 8.42 Å². The monoisotopic (exact) mass is 356 g/mol. The number of benzene rings is 2. The van der Waals surface area contributed by atoms with E-state index < -0.39 is 9.84 Å². The van der Waals surface area contributed by atoms with E-state index in [1.165, 1.54) is 0 Å². The molecular weight excluding hydrogens is 347 g/mol. The molecule has 0 saturated carbocycles. The molecule has 0 atom stereocenters. The Morgan fingerprint density at radius 2 is 1.95 bits per heavy atom. The lowest BCUT2D eigenvalue weighted by atomic mass is 10.3. The number of hydrogen-bond donors (Lipinski definition) is 1. The summed E-state index contributed by atoms with van der Waals surface area (Å²) in [4.78, 5) is 6.77. The highest BCUT2D eigenvalue weighted by Crippen LogP contribution is 2.35. The van der Waals surface area contributed by atoms with Crippen LogP contribution in [0.5, 0.6) is 11.5 Å². The standard InChI is InChI=1S/C14H10Cl2N2O3S/c1-22(19,20)14-17-10-6-5-8(7-11(10)18-14)21-12-4-2-3-9(15)13(12)16/h2-7H,1H3,(H,17,18). The number of sulfone groups is 1. The summed E-state index contributed by atoms with van der Waals surface area (Å²) in [5, 5.41) is 0.618. The first-order valence-corrected chi connectivity index (χ1v) is 8.81. The molecule has 0 aliphatic heterocycles. The molecule has 0 spiro atoms. The lowest BCUT2D eigenvalue weighted by Gasteiger charge is -2.08. The average Bonchev–Trinajstić information content (AvgIpc) is 2.87. The van der Waals surface area contributed by atoms with Gasteiger partial charge in [-0.05, 0) is 24.3 Å². The van der Waals surface area contributed by atoms with Crippen molar-refractivity contribution < 1.29 is 13.2 Å². The Hall–Kier alpha value is -1.76. The quantitative estimate of drug-likeness (QED) is 0.767. The van der Waals surface area contributed by atoms with Crippen molar-refractivity contribution in [2.45, 2.75) is 5.16 Å². The maximum Gasteiger partial charge on any atom is 0.225 e. The van der Waals surface area contributed by atoms with Crippen molar-refractivity contribution in [2.75, 3.05) is 6.26 Å². The number of imidazole rings is 1. The molecule has 0 aliphatic rings. The summed E-state index contributed by atoms with van der Waals surface area (Å²) >= 11 is 12.0. The van der Waals surface area contributed by atoms with Gasteiger partial charge in [-0.25, -0.2) is 13.4 Å². The van der Waals surface area contributed by atoms with Gasteiger partial charge >= 0.3 is 0 Å². The first-order valence-electron chi connectivity index (χ1n) is 6.16. The molecule has 0 amide bonds. The van der Waals surface area contributed by atoms with Crippen molar-refractivity contribution in [1.82, 2.24) is 9.97 Å². The van der Waals surface area contributed by atoms with Crippen LogP contribution in [0.3, 0.4) is 0 Å². The SMILES string of the molecule is CS(=O)(=O)c1nc2ccc(Oc3cccc(Cl)c3Cl)cc2[nH]1. The van der Waals surface area contributed by atoms with Gasteiger partial charge in [0.1, 0.15) is 16.5 Å². The first-order chi connectivity index (χ1) is 10.3. The Morgan fingerprint density at radius 1 is 1.18 bits per heavy atom. The summed E-state index contributed by atoms with van der Waals surface area (Å²) in [6.07, 6.45) is 1.09. The van der Waals surface area contributed by atoms with Crippen LogP contribution in [0, 0.1) is 0 Å². The zero-order chi connectivity index (χ0) is 15.9. The highest BCUT2D eigenvalue weighted by molar-refractivity contribution is 7.90. The van der Waals surface area contributed by atoms with Crippen molar-refractivity contribution in [1.29, 1.82) is 0 Å². The van der Waals surface area contributed by atoms with Crippen LogP contribution in [0.4, 0.5) is 0 Å². The molecule has 5 nitrogen and oxygen atoms in total. The van der Waals surface area contributed by atoms with Crippen LogP contribution in [0.25, 0.3) is 11.0 Å². The molecule has 8 heteroatoms. The van der Waals surface area contributed by atoms with E-state index in [1.807, 2.05) is 0 Å². The predicted molar refractivity (Wildman–Crippen MR) is 85.7 cm³/mol.